The molecular formula is C15H12O3. The first-order valence-corrected chi connectivity index (χ1v) is 5.71. The Balaban J connectivity index is 2.60. The van der Waals surface area contributed by atoms with Crippen LogP contribution in [0.4, 0.5) is 0 Å². The molecule has 0 N–H and O–H groups in total. The van der Waals surface area contributed by atoms with Gasteiger partial charge in [0.2, 0.25) is 5.43 Å². The van der Waals surface area contributed by atoms with E-state index in [1.54, 1.807) is 19.2 Å². The quantitative estimate of drug-likeness (QED) is 0.613. The topological polar surface area (TPSA) is 39.4 Å². The van der Waals surface area contributed by atoms with Crippen molar-refractivity contribution in [3.05, 3.63) is 52.2 Å². The van der Waals surface area contributed by atoms with E-state index < -0.39 is 0 Å². The van der Waals surface area contributed by atoms with Gasteiger partial charge in [-0.25, -0.2) is 0 Å². The zero-order valence-electron chi connectivity index (χ0n) is 10.2. The molecule has 1 heterocycles. The zero-order chi connectivity index (χ0) is 12.7. The Morgan fingerprint density at radius 3 is 2.67 bits per heavy atom. The van der Waals surface area contributed by atoms with Crippen molar-refractivity contribution in [1.82, 2.24) is 0 Å². The number of methoxy groups -OCH3 is 1. The molecule has 0 amide bonds. The van der Waals surface area contributed by atoms with Crippen molar-refractivity contribution in [2.75, 3.05) is 7.11 Å². The lowest BCUT2D eigenvalue weighted by Crippen LogP contribution is -2.04. The maximum atomic E-state index is 12.4. The second-order valence-electron chi connectivity index (χ2n) is 4.27. The van der Waals surface area contributed by atoms with E-state index in [2.05, 4.69) is 0 Å². The van der Waals surface area contributed by atoms with E-state index in [4.69, 9.17) is 9.15 Å². The molecule has 0 radical (unpaired) electrons. The van der Waals surface area contributed by atoms with Crippen molar-refractivity contribution in [2.45, 2.75) is 6.92 Å². The van der Waals surface area contributed by atoms with Crippen LogP contribution in [0, 0.1) is 6.92 Å². The standard InChI is InChI=1S/C15H12O3/c1-9-7-12(17-2)14-13(8-9)18-11-6-4-3-5-10(11)15(14)16/h3-8H,1-2H3. The number of ether oxygens (including phenoxy) is 1. The van der Waals surface area contributed by atoms with Gasteiger partial charge in [0, 0.05) is 0 Å². The van der Waals surface area contributed by atoms with Gasteiger partial charge < -0.3 is 9.15 Å². The molecule has 3 aromatic rings. The fourth-order valence-electron chi connectivity index (χ4n) is 2.18. The Labute approximate surface area is 104 Å². The van der Waals surface area contributed by atoms with Crippen LogP contribution in [0.5, 0.6) is 5.75 Å². The molecule has 1 aromatic heterocycles. The monoisotopic (exact) mass is 240 g/mol. The predicted octanol–water partition coefficient (Wildman–Crippen LogP) is 3.26. The number of rotatable bonds is 1. The second kappa shape index (κ2) is 3.88. The van der Waals surface area contributed by atoms with Crippen molar-refractivity contribution < 1.29 is 9.15 Å². The summed E-state index contributed by atoms with van der Waals surface area (Å²) >= 11 is 0. The minimum atomic E-state index is -0.0521. The maximum Gasteiger partial charge on any atom is 0.204 e. The average molecular weight is 240 g/mol. The fourth-order valence-corrected chi connectivity index (χ4v) is 2.18. The highest BCUT2D eigenvalue weighted by Gasteiger charge is 2.12. The van der Waals surface area contributed by atoms with Gasteiger partial charge in [-0.15, -0.1) is 0 Å². The molecule has 0 saturated carbocycles. The third-order valence-electron chi connectivity index (χ3n) is 3.01. The molecule has 90 valence electrons. The highest BCUT2D eigenvalue weighted by molar-refractivity contribution is 5.93. The Hall–Kier alpha value is -2.29. The second-order valence-corrected chi connectivity index (χ2v) is 4.27. The Bertz CT molecular complexity index is 800. The molecule has 2 aromatic carbocycles. The molecule has 0 saturated heterocycles. The van der Waals surface area contributed by atoms with Crippen molar-refractivity contribution in [3.63, 3.8) is 0 Å². The third-order valence-corrected chi connectivity index (χ3v) is 3.01. The molecule has 0 aliphatic heterocycles. The summed E-state index contributed by atoms with van der Waals surface area (Å²) in [6, 6.07) is 10.9. The molecule has 0 fully saturated rings. The summed E-state index contributed by atoms with van der Waals surface area (Å²) in [6.45, 7) is 1.94. The highest BCUT2D eigenvalue weighted by Crippen LogP contribution is 2.27. The summed E-state index contributed by atoms with van der Waals surface area (Å²) in [7, 11) is 1.56. The van der Waals surface area contributed by atoms with Gasteiger partial charge in [0.1, 0.15) is 22.3 Å². The lowest BCUT2D eigenvalue weighted by atomic mass is 10.1. The van der Waals surface area contributed by atoms with E-state index in [-0.39, 0.29) is 5.43 Å². The molecule has 0 aliphatic rings. The molecule has 0 aliphatic carbocycles. The molecule has 0 spiro atoms. The van der Waals surface area contributed by atoms with Crippen LogP contribution in [0.25, 0.3) is 21.9 Å². The van der Waals surface area contributed by atoms with Crippen LogP contribution < -0.4 is 10.2 Å². The van der Waals surface area contributed by atoms with Crippen LogP contribution in [-0.4, -0.2) is 7.11 Å². The lowest BCUT2D eigenvalue weighted by Gasteiger charge is -2.07. The van der Waals surface area contributed by atoms with Crippen LogP contribution in [0.15, 0.2) is 45.6 Å². The number of hydrogen-bond donors (Lipinski definition) is 0. The first kappa shape index (κ1) is 10.8. The Morgan fingerprint density at radius 2 is 1.89 bits per heavy atom. The van der Waals surface area contributed by atoms with Crippen LogP contribution in [-0.2, 0) is 0 Å². The molecule has 18 heavy (non-hydrogen) atoms. The maximum absolute atomic E-state index is 12.4. The number of para-hydroxylation sites is 1. The minimum absolute atomic E-state index is 0.0521. The van der Waals surface area contributed by atoms with Crippen molar-refractivity contribution in [1.29, 1.82) is 0 Å². The molecule has 3 nitrogen and oxygen atoms in total. The largest absolute Gasteiger partial charge is 0.496 e. The van der Waals surface area contributed by atoms with Gasteiger partial charge in [0.05, 0.1) is 12.5 Å². The smallest absolute Gasteiger partial charge is 0.204 e. The van der Waals surface area contributed by atoms with Gasteiger partial charge in [0.25, 0.3) is 0 Å². The van der Waals surface area contributed by atoms with Crippen molar-refractivity contribution in [3.8, 4) is 5.75 Å². The van der Waals surface area contributed by atoms with Gasteiger partial charge in [-0.2, -0.15) is 0 Å². The summed E-state index contributed by atoms with van der Waals surface area (Å²) in [6.07, 6.45) is 0. The summed E-state index contributed by atoms with van der Waals surface area (Å²) < 4.78 is 11.0. The van der Waals surface area contributed by atoms with Crippen LogP contribution in [0.2, 0.25) is 0 Å². The van der Waals surface area contributed by atoms with Gasteiger partial charge in [-0.1, -0.05) is 12.1 Å². The van der Waals surface area contributed by atoms with E-state index in [0.29, 0.717) is 27.7 Å². The molecule has 0 unspecified atom stereocenters. The highest BCUT2D eigenvalue weighted by atomic mass is 16.5. The average Bonchev–Trinajstić information content (AvgIpc) is 2.37. The van der Waals surface area contributed by atoms with Crippen LogP contribution in [0.1, 0.15) is 5.56 Å². The summed E-state index contributed by atoms with van der Waals surface area (Å²) in [5, 5.41) is 1.08. The number of aryl methyl sites for hydroxylation is 1. The van der Waals surface area contributed by atoms with E-state index in [9.17, 15) is 4.79 Å². The summed E-state index contributed by atoms with van der Waals surface area (Å²) in [4.78, 5) is 12.4. The van der Waals surface area contributed by atoms with Crippen LogP contribution in [0.3, 0.4) is 0 Å². The summed E-state index contributed by atoms with van der Waals surface area (Å²) in [5.41, 5.74) is 2.11. The first-order chi connectivity index (χ1) is 8.70. The fraction of sp³-hybridized carbons (Fsp3) is 0.133. The molecule has 3 heteroatoms. The van der Waals surface area contributed by atoms with Crippen LogP contribution >= 0.6 is 0 Å². The number of hydrogen-bond acceptors (Lipinski definition) is 3. The van der Waals surface area contributed by atoms with Crippen molar-refractivity contribution >= 4 is 21.9 Å². The van der Waals surface area contributed by atoms with E-state index >= 15 is 0 Å². The molecular weight excluding hydrogens is 228 g/mol. The Morgan fingerprint density at radius 1 is 1.11 bits per heavy atom. The predicted molar refractivity (Wildman–Crippen MR) is 71.3 cm³/mol. The SMILES string of the molecule is COc1cc(C)cc2oc3ccccc3c(=O)c12. The number of fused-ring (bicyclic) bond motifs is 2. The van der Waals surface area contributed by atoms with Crippen molar-refractivity contribution in [2.24, 2.45) is 0 Å². The normalized spacial score (nSPS) is 11.0. The van der Waals surface area contributed by atoms with Gasteiger partial charge >= 0.3 is 0 Å². The minimum Gasteiger partial charge on any atom is -0.496 e. The Kier molecular flexibility index (Phi) is 2.33. The van der Waals surface area contributed by atoms with Gasteiger partial charge in [0.15, 0.2) is 0 Å². The van der Waals surface area contributed by atoms with Gasteiger partial charge in [-0.05, 0) is 36.8 Å². The lowest BCUT2D eigenvalue weighted by molar-refractivity contribution is 0.418. The molecule has 3 rings (SSSR count). The van der Waals surface area contributed by atoms with Gasteiger partial charge in [-0.3, -0.25) is 4.79 Å². The third kappa shape index (κ3) is 1.48. The van der Waals surface area contributed by atoms with E-state index in [1.807, 2.05) is 31.2 Å². The van der Waals surface area contributed by atoms with E-state index in [0.717, 1.165) is 5.56 Å². The van der Waals surface area contributed by atoms with E-state index in [1.165, 1.54) is 0 Å². The zero-order valence-corrected chi connectivity index (χ0v) is 10.2. The molecule has 0 bridgehead atoms. The summed E-state index contributed by atoms with van der Waals surface area (Å²) in [5.74, 6) is 0.560. The first-order valence-electron chi connectivity index (χ1n) is 5.71. The molecule has 0 atom stereocenters. The number of benzene rings is 2.